The second-order valence-electron chi connectivity index (χ2n) is 9.29. The summed E-state index contributed by atoms with van der Waals surface area (Å²) < 4.78 is 21.3. The molecule has 3 aromatic rings. The lowest BCUT2D eigenvalue weighted by Crippen LogP contribution is -2.53. The van der Waals surface area contributed by atoms with Gasteiger partial charge in [0.2, 0.25) is 5.91 Å². The summed E-state index contributed by atoms with van der Waals surface area (Å²) in [7, 11) is 1.84. The lowest BCUT2D eigenvalue weighted by Gasteiger charge is -2.42. The van der Waals surface area contributed by atoms with Gasteiger partial charge in [-0.05, 0) is 61.1 Å². The van der Waals surface area contributed by atoms with E-state index in [0.29, 0.717) is 39.0 Å². The number of carbonyl (C=O) groups is 2. The number of carboxylic acid groups (broad SMARTS) is 1. The van der Waals surface area contributed by atoms with Gasteiger partial charge in [-0.25, -0.2) is 9.37 Å². The van der Waals surface area contributed by atoms with Crippen LogP contribution in [0.5, 0.6) is 0 Å². The second-order valence-corrected chi connectivity index (χ2v) is 9.29. The molecule has 0 spiro atoms. The van der Waals surface area contributed by atoms with Gasteiger partial charge >= 0.3 is 5.97 Å². The quantitative estimate of drug-likeness (QED) is 0.625. The Morgan fingerprint density at radius 2 is 1.97 bits per heavy atom. The fraction of sp³-hybridized carbons (Fsp3) is 0.423. The highest BCUT2D eigenvalue weighted by Crippen LogP contribution is 2.38. The Hall–Kier alpha value is -3.26. The number of pyridine rings is 1. The van der Waals surface area contributed by atoms with Crippen molar-refractivity contribution < 1.29 is 23.8 Å². The Morgan fingerprint density at radius 1 is 1.24 bits per heavy atom. The number of ether oxygens (including phenoxy) is 1. The van der Waals surface area contributed by atoms with Gasteiger partial charge in [-0.1, -0.05) is 12.1 Å². The summed E-state index contributed by atoms with van der Waals surface area (Å²) in [5.41, 5.74) is 2.65. The number of hydrogen-bond donors (Lipinski definition) is 1. The van der Waals surface area contributed by atoms with E-state index in [4.69, 9.17) is 4.74 Å². The van der Waals surface area contributed by atoms with E-state index in [0.717, 1.165) is 34.3 Å². The molecular formula is C26H28FN3O4. The summed E-state index contributed by atoms with van der Waals surface area (Å²) in [6.07, 6.45) is 4.18. The largest absolute Gasteiger partial charge is 0.481 e. The summed E-state index contributed by atoms with van der Waals surface area (Å²) in [5.74, 6) is -1.17. The first-order chi connectivity index (χ1) is 16.4. The molecule has 0 aliphatic carbocycles. The number of hydrogen-bond acceptors (Lipinski definition) is 4. The molecule has 2 aliphatic heterocycles. The maximum absolute atomic E-state index is 14.0. The monoisotopic (exact) mass is 465 g/mol. The molecule has 2 aliphatic rings. The number of aliphatic carboxylic acids is 1. The summed E-state index contributed by atoms with van der Waals surface area (Å²) in [4.78, 5) is 31.9. The third-order valence-electron chi connectivity index (χ3n) is 7.50. The van der Waals surface area contributed by atoms with E-state index in [1.807, 2.05) is 24.1 Å². The number of benzene rings is 1. The zero-order chi connectivity index (χ0) is 23.9. The van der Waals surface area contributed by atoms with Crippen LogP contribution >= 0.6 is 0 Å². The van der Waals surface area contributed by atoms with Crippen molar-refractivity contribution in [2.45, 2.75) is 50.1 Å². The van der Waals surface area contributed by atoms with E-state index in [2.05, 4.69) is 9.55 Å². The lowest BCUT2D eigenvalue weighted by molar-refractivity contribution is -0.142. The molecule has 4 heterocycles. The number of amides is 1. The fourth-order valence-electron chi connectivity index (χ4n) is 5.66. The van der Waals surface area contributed by atoms with E-state index in [1.54, 1.807) is 18.3 Å². The smallest absolute Gasteiger partial charge is 0.307 e. The Bertz CT molecular complexity index is 1230. The van der Waals surface area contributed by atoms with Crippen LogP contribution in [0.25, 0.3) is 11.0 Å². The summed E-state index contributed by atoms with van der Waals surface area (Å²) in [6.45, 7) is 1.52. The van der Waals surface area contributed by atoms with Crippen LogP contribution in [-0.4, -0.2) is 57.7 Å². The first kappa shape index (κ1) is 22.5. The van der Waals surface area contributed by atoms with Gasteiger partial charge in [-0.15, -0.1) is 0 Å². The maximum atomic E-state index is 14.0. The molecule has 2 aromatic heterocycles. The molecular weight excluding hydrogens is 437 g/mol. The van der Waals surface area contributed by atoms with Gasteiger partial charge in [-0.3, -0.25) is 9.59 Å². The third-order valence-corrected chi connectivity index (χ3v) is 7.50. The van der Waals surface area contributed by atoms with Crippen LogP contribution in [0.2, 0.25) is 0 Å². The minimum absolute atomic E-state index is 0.0195. The molecule has 5 rings (SSSR count). The first-order valence-corrected chi connectivity index (χ1v) is 11.7. The predicted octanol–water partition coefficient (Wildman–Crippen LogP) is 3.32. The zero-order valence-corrected chi connectivity index (χ0v) is 19.2. The summed E-state index contributed by atoms with van der Waals surface area (Å²) in [5, 5.41) is 10.3. The van der Waals surface area contributed by atoms with Gasteiger partial charge < -0.3 is 19.3 Å². The van der Waals surface area contributed by atoms with Crippen LogP contribution in [0, 0.1) is 5.82 Å². The molecule has 0 radical (unpaired) electrons. The third kappa shape index (κ3) is 3.76. The van der Waals surface area contributed by atoms with Crippen molar-refractivity contribution in [1.29, 1.82) is 0 Å². The van der Waals surface area contributed by atoms with Gasteiger partial charge in [0.25, 0.3) is 0 Å². The molecule has 1 N–H and O–H groups in total. The van der Waals surface area contributed by atoms with Crippen molar-refractivity contribution in [3.63, 3.8) is 0 Å². The predicted molar refractivity (Wildman–Crippen MR) is 124 cm³/mol. The Labute approximate surface area is 197 Å². The van der Waals surface area contributed by atoms with Crippen molar-refractivity contribution in [3.05, 3.63) is 65.2 Å². The van der Waals surface area contributed by atoms with Crippen LogP contribution in [0.4, 0.5) is 4.39 Å². The molecule has 1 aromatic carbocycles. The van der Waals surface area contributed by atoms with Crippen molar-refractivity contribution in [3.8, 4) is 0 Å². The van der Waals surface area contributed by atoms with Crippen LogP contribution in [-0.2, 0) is 39.1 Å². The van der Waals surface area contributed by atoms with Crippen LogP contribution < -0.4 is 0 Å². The van der Waals surface area contributed by atoms with Crippen LogP contribution in [0.15, 0.2) is 42.6 Å². The normalized spacial score (nSPS) is 19.5. The Morgan fingerprint density at radius 3 is 2.68 bits per heavy atom. The number of carbonyl (C=O) groups excluding carboxylic acids is 1. The molecule has 34 heavy (non-hydrogen) atoms. The Kier molecular flexibility index (Phi) is 5.85. The van der Waals surface area contributed by atoms with Gasteiger partial charge in [0.15, 0.2) is 0 Å². The molecule has 1 saturated heterocycles. The van der Waals surface area contributed by atoms with Gasteiger partial charge in [-0.2, -0.15) is 0 Å². The SMILES string of the molecule is CN(C(=O)C1(c2ccc(F)cc2)CCOCC1)[C@@H]1CCc2c(CC(=O)O)c3cccnc3n2C1. The number of carboxylic acids is 1. The molecule has 1 atom stereocenters. The molecule has 1 fully saturated rings. The van der Waals surface area contributed by atoms with Crippen molar-refractivity contribution in [2.24, 2.45) is 0 Å². The van der Waals surface area contributed by atoms with E-state index in [1.165, 1.54) is 12.1 Å². The highest BCUT2D eigenvalue weighted by atomic mass is 19.1. The van der Waals surface area contributed by atoms with Crippen molar-refractivity contribution in [2.75, 3.05) is 20.3 Å². The number of nitrogens with zero attached hydrogens (tertiary/aromatic N) is 3. The van der Waals surface area contributed by atoms with Crippen LogP contribution in [0.3, 0.4) is 0 Å². The molecule has 0 unspecified atom stereocenters. The van der Waals surface area contributed by atoms with Crippen LogP contribution in [0.1, 0.15) is 36.1 Å². The number of aromatic nitrogens is 2. The molecule has 8 heteroatoms. The highest BCUT2D eigenvalue weighted by Gasteiger charge is 2.45. The fourth-order valence-corrected chi connectivity index (χ4v) is 5.66. The van der Waals surface area contributed by atoms with E-state index >= 15 is 0 Å². The zero-order valence-electron chi connectivity index (χ0n) is 19.2. The Balaban J connectivity index is 1.47. The van der Waals surface area contributed by atoms with Crippen molar-refractivity contribution in [1.82, 2.24) is 14.5 Å². The summed E-state index contributed by atoms with van der Waals surface area (Å²) in [6, 6.07) is 9.93. The standard InChI is InChI=1S/C26H28FN3O4/c1-29(25(33)26(10-13-34-14-11-26)17-4-6-18(27)7-5-17)19-8-9-22-21(15-23(31)32)20-3-2-12-28-24(20)30(22)16-19/h2-7,12,19H,8-11,13-16H2,1H3,(H,31,32)/t19-/m1/s1. The molecule has 0 bridgehead atoms. The minimum atomic E-state index is -0.866. The molecule has 0 saturated carbocycles. The van der Waals surface area contributed by atoms with Gasteiger partial charge in [0.05, 0.1) is 11.8 Å². The molecule has 178 valence electrons. The number of halogens is 1. The van der Waals surface area contributed by atoms with Gasteiger partial charge in [0, 0.05) is 50.1 Å². The molecule has 7 nitrogen and oxygen atoms in total. The lowest BCUT2D eigenvalue weighted by atomic mass is 9.72. The maximum Gasteiger partial charge on any atom is 0.307 e. The average Bonchev–Trinajstić information content (AvgIpc) is 3.16. The van der Waals surface area contributed by atoms with Crippen molar-refractivity contribution >= 4 is 22.9 Å². The number of fused-ring (bicyclic) bond motifs is 3. The van der Waals surface area contributed by atoms with E-state index in [-0.39, 0.29) is 24.2 Å². The summed E-state index contributed by atoms with van der Waals surface area (Å²) >= 11 is 0. The number of likely N-dealkylation sites (N-methyl/N-ethyl adjacent to an activating group) is 1. The minimum Gasteiger partial charge on any atom is -0.481 e. The van der Waals surface area contributed by atoms with Gasteiger partial charge in [0.1, 0.15) is 11.5 Å². The first-order valence-electron chi connectivity index (χ1n) is 11.7. The van der Waals surface area contributed by atoms with E-state index < -0.39 is 11.4 Å². The second kappa shape index (κ2) is 8.83. The number of rotatable bonds is 5. The molecule has 1 amide bonds. The highest BCUT2D eigenvalue weighted by molar-refractivity contribution is 5.89. The van der Waals surface area contributed by atoms with E-state index in [9.17, 15) is 19.1 Å². The average molecular weight is 466 g/mol. The topological polar surface area (TPSA) is 84.7 Å².